The van der Waals surface area contributed by atoms with Crippen LogP contribution in [0.1, 0.15) is 6.42 Å². The van der Waals surface area contributed by atoms with Gasteiger partial charge in [0.15, 0.2) is 5.82 Å². The SMILES string of the molecule is CNC1CCN(c2c(F)cccc2Nc2ccc(S(=O)(=O)Nc3cscn3)cc2Cl)C1. The van der Waals surface area contributed by atoms with Gasteiger partial charge in [0.05, 0.1) is 32.5 Å². The first-order valence-corrected chi connectivity index (χ1v) is 12.4. The van der Waals surface area contributed by atoms with E-state index >= 15 is 0 Å². The number of nitrogens with one attached hydrogen (secondary N) is 3. The molecule has 2 aromatic carbocycles. The lowest BCUT2D eigenvalue weighted by molar-refractivity contribution is 0.601. The molecule has 3 aromatic rings. The maximum absolute atomic E-state index is 14.7. The number of aromatic nitrogens is 1. The molecule has 2 heterocycles. The van der Waals surface area contributed by atoms with Crippen LogP contribution in [0.5, 0.6) is 0 Å². The molecule has 1 fully saturated rings. The highest BCUT2D eigenvalue weighted by Crippen LogP contribution is 2.36. The highest BCUT2D eigenvalue weighted by atomic mass is 35.5. The Bertz CT molecular complexity index is 1170. The van der Waals surface area contributed by atoms with Crippen LogP contribution in [0.15, 0.2) is 52.2 Å². The predicted molar refractivity (Wildman–Crippen MR) is 124 cm³/mol. The molecule has 1 aromatic heterocycles. The third kappa shape index (κ3) is 4.77. The molecule has 4 rings (SSSR count). The molecule has 1 aliphatic rings. The Morgan fingerprint density at radius 1 is 1.26 bits per heavy atom. The van der Waals surface area contributed by atoms with Crippen LogP contribution in [-0.2, 0) is 10.0 Å². The van der Waals surface area contributed by atoms with Crippen LogP contribution in [0, 0.1) is 5.82 Å². The maximum atomic E-state index is 14.7. The van der Waals surface area contributed by atoms with E-state index in [4.69, 9.17) is 11.6 Å². The summed E-state index contributed by atoms with van der Waals surface area (Å²) in [5.74, 6) is -0.0808. The fraction of sp³-hybridized carbons (Fsp3) is 0.250. The summed E-state index contributed by atoms with van der Waals surface area (Å²) in [5.41, 5.74) is 3.05. The van der Waals surface area contributed by atoms with Crippen molar-refractivity contribution in [1.82, 2.24) is 10.3 Å². The molecule has 31 heavy (non-hydrogen) atoms. The first-order valence-electron chi connectivity index (χ1n) is 9.55. The highest BCUT2D eigenvalue weighted by molar-refractivity contribution is 7.92. The van der Waals surface area contributed by atoms with Crippen LogP contribution in [0.2, 0.25) is 5.02 Å². The lowest BCUT2D eigenvalue weighted by Gasteiger charge is -2.23. The second kappa shape index (κ2) is 8.99. The van der Waals surface area contributed by atoms with Gasteiger partial charge in [-0.3, -0.25) is 4.72 Å². The first-order chi connectivity index (χ1) is 14.9. The number of hydrogen-bond donors (Lipinski definition) is 3. The van der Waals surface area contributed by atoms with E-state index in [0.29, 0.717) is 29.6 Å². The smallest absolute Gasteiger partial charge is 0.263 e. The van der Waals surface area contributed by atoms with Crippen molar-refractivity contribution >= 4 is 55.8 Å². The van der Waals surface area contributed by atoms with Gasteiger partial charge in [-0.1, -0.05) is 17.7 Å². The number of para-hydroxylation sites is 1. The number of benzene rings is 2. The summed E-state index contributed by atoms with van der Waals surface area (Å²) in [6, 6.07) is 9.47. The fourth-order valence-electron chi connectivity index (χ4n) is 3.51. The summed E-state index contributed by atoms with van der Waals surface area (Å²) in [6.45, 7) is 1.42. The van der Waals surface area contributed by atoms with E-state index < -0.39 is 10.0 Å². The molecule has 3 N–H and O–H groups in total. The molecule has 11 heteroatoms. The number of rotatable bonds is 7. The van der Waals surface area contributed by atoms with Gasteiger partial charge in [-0.25, -0.2) is 17.8 Å². The van der Waals surface area contributed by atoms with Gasteiger partial charge in [-0.15, -0.1) is 11.3 Å². The average Bonchev–Trinajstić information content (AvgIpc) is 3.41. The largest absolute Gasteiger partial charge is 0.366 e. The van der Waals surface area contributed by atoms with Crippen LogP contribution >= 0.6 is 22.9 Å². The van der Waals surface area contributed by atoms with Crippen molar-refractivity contribution in [2.24, 2.45) is 0 Å². The van der Waals surface area contributed by atoms with E-state index in [1.165, 1.54) is 35.0 Å². The number of nitrogens with zero attached hydrogens (tertiary/aromatic N) is 2. The van der Waals surface area contributed by atoms with Crippen molar-refractivity contribution in [3.05, 3.63) is 58.1 Å². The Kier molecular flexibility index (Phi) is 6.33. The van der Waals surface area contributed by atoms with Crippen LogP contribution < -0.4 is 20.3 Å². The van der Waals surface area contributed by atoms with Crippen molar-refractivity contribution in [2.75, 3.05) is 35.1 Å². The van der Waals surface area contributed by atoms with E-state index in [1.54, 1.807) is 23.6 Å². The maximum Gasteiger partial charge on any atom is 0.263 e. The van der Waals surface area contributed by atoms with E-state index in [2.05, 4.69) is 20.3 Å². The molecular formula is C20H21ClFN5O2S2. The molecule has 0 radical (unpaired) electrons. The standard InChI is InChI=1S/C20H21ClFN5O2S2/c1-23-13-7-8-27(10-13)20-16(22)3-2-4-18(20)25-17-6-5-14(9-15(17)21)31(28,29)26-19-11-30-12-24-19/h2-6,9,11-13,23,25-26H,7-8,10H2,1H3. The number of anilines is 4. The van der Waals surface area contributed by atoms with Crippen molar-refractivity contribution in [1.29, 1.82) is 0 Å². The summed E-state index contributed by atoms with van der Waals surface area (Å²) in [6.07, 6.45) is 0.920. The summed E-state index contributed by atoms with van der Waals surface area (Å²) < 4.78 is 42.2. The normalized spacial score (nSPS) is 16.5. The fourth-order valence-corrected chi connectivity index (χ4v) is 5.38. The van der Waals surface area contributed by atoms with E-state index in [0.717, 1.165) is 13.0 Å². The quantitative estimate of drug-likeness (QED) is 0.467. The van der Waals surface area contributed by atoms with Gasteiger partial charge in [0.25, 0.3) is 10.0 Å². The Morgan fingerprint density at radius 2 is 2.10 bits per heavy atom. The second-order valence-corrected chi connectivity index (χ2v) is 9.91. The van der Waals surface area contributed by atoms with E-state index in [1.807, 2.05) is 11.9 Å². The topological polar surface area (TPSA) is 86.4 Å². The Hall–Kier alpha value is -2.40. The molecule has 1 aliphatic heterocycles. The molecule has 0 spiro atoms. The van der Waals surface area contributed by atoms with Gasteiger partial charge in [0, 0.05) is 24.5 Å². The van der Waals surface area contributed by atoms with E-state index in [-0.39, 0.29) is 21.6 Å². The van der Waals surface area contributed by atoms with E-state index in [9.17, 15) is 12.8 Å². The summed E-state index contributed by atoms with van der Waals surface area (Å²) >= 11 is 7.66. The highest BCUT2D eigenvalue weighted by Gasteiger charge is 2.26. The first kappa shape index (κ1) is 21.8. The van der Waals surface area contributed by atoms with Gasteiger partial charge in [-0.05, 0) is 43.8 Å². The number of likely N-dealkylation sites (N-methyl/N-ethyl adjacent to an activating group) is 1. The predicted octanol–water partition coefficient (Wildman–Crippen LogP) is 4.28. The minimum Gasteiger partial charge on any atom is -0.366 e. The van der Waals surface area contributed by atoms with Crippen molar-refractivity contribution < 1.29 is 12.8 Å². The summed E-state index contributed by atoms with van der Waals surface area (Å²) in [4.78, 5) is 5.92. The molecule has 0 saturated carbocycles. The lowest BCUT2D eigenvalue weighted by Crippen LogP contribution is -2.30. The molecule has 1 saturated heterocycles. The third-order valence-corrected chi connectivity index (χ3v) is 7.34. The average molecular weight is 482 g/mol. The molecular weight excluding hydrogens is 461 g/mol. The van der Waals surface area contributed by atoms with Crippen LogP contribution in [0.3, 0.4) is 0 Å². The summed E-state index contributed by atoms with van der Waals surface area (Å²) in [7, 11) is -1.93. The number of hydrogen-bond acceptors (Lipinski definition) is 7. The van der Waals surface area contributed by atoms with Crippen LogP contribution in [0.25, 0.3) is 0 Å². The Morgan fingerprint density at radius 3 is 2.77 bits per heavy atom. The molecule has 164 valence electrons. The molecule has 0 bridgehead atoms. The molecule has 7 nitrogen and oxygen atoms in total. The summed E-state index contributed by atoms with van der Waals surface area (Å²) in [5, 5.41) is 8.18. The third-order valence-electron chi connectivity index (χ3n) is 5.09. The zero-order valence-electron chi connectivity index (χ0n) is 16.6. The second-order valence-electron chi connectivity index (χ2n) is 7.10. The van der Waals surface area contributed by atoms with Crippen molar-refractivity contribution in [2.45, 2.75) is 17.4 Å². The zero-order valence-corrected chi connectivity index (χ0v) is 19.0. The van der Waals surface area contributed by atoms with Gasteiger partial charge < -0.3 is 15.5 Å². The monoisotopic (exact) mass is 481 g/mol. The minimum atomic E-state index is -3.83. The zero-order chi connectivity index (χ0) is 22.0. The van der Waals surface area contributed by atoms with Gasteiger partial charge >= 0.3 is 0 Å². The number of thiazole rings is 1. The van der Waals surface area contributed by atoms with Crippen molar-refractivity contribution in [3.63, 3.8) is 0 Å². The van der Waals surface area contributed by atoms with Crippen LogP contribution in [-0.4, -0.2) is 39.6 Å². The van der Waals surface area contributed by atoms with Gasteiger partial charge in [0.2, 0.25) is 0 Å². The molecule has 0 amide bonds. The minimum absolute atomic E-state index is 0.00641. The van der Waals surface area contributed by atoms with Gasteiger partial charge in [0.1, 0.15) is 5.82 Å². The number of sulfonamides is 1. The van der Waals surface area contributed by atoms with Gasteiger partial charge in [-0.2, -0.15) is 0 Å². The Labute approximate surface area is 189 Å². The molecule has 1 unspecified atom stereocenters. The lowest BCUT2D eigenvalue weighted by atomic mass is 10.2. The number of halogens is 2. The molecule has 1 atom stereocenters. The molecule has 0 aliphatic carbocycles. The van der Waals surface area contributed by atoms with Crippen LogP contribution in [0.4, 0.5) is 27.3 Å². The van der Waals surface area contributed by atoms with Crippen molar-refractivity contribution in [3.8, 4) is 0 Å². The Balaban J connectivity index is 1.59.